The van der Waals surface area contributed by atoms with Gasteiger partial charge in [0, 0.05) is 36.4 Å². The van der Waals surface area contributed by atoms with Crippen molar-refractivity contribution in [2.75, 3.05) is 30.9 Å². The average molecular weight is 579 g/mol. The van der Waals surface area contributed by atoms with Crippen molar-refractivity contribution in [3.8, 4) is 5.75 Å². The smallest absolute Gasteiger partial charge is 0.347 e. The molecule has 0 bridgehead atoms. The molecule has 3 aromatic carbocycles. The summed E-state index contributed by atoms with van der Waals surface area (Å²) in [6.45, 7) is 4.22. The lowest BCUT2D eigenvalue weighted by Gasteiger charge is -2.21. The summed E-state index contributed by atoms with van der Waals surface area (Å²) in [5.74, 6) is -1.62. The summed E-state index contributed by atoms with van der Waals surface area (Å²) in [6.07, 6.45) is 5.36. The molecule has 3 aromatic rings. The highest BCUT2D eigenvalue weighted by Gasteiger charge is 2.42. The van der Waals surface area contributed by atoms with E-state index in [2.05, 4.69) is 22.5 Å². The predicted octanol–water partition coefficient (Wildman–Crippen LogP) is 8.27. The number of carbonyl (C=O) groups is 2. The molecule has 1 heterocycles. The molecule has 0 spiro atoms. The summed E-state index contributed by atoms with van der Waals surface area (Å²) in [7, 11) is 3.87. The number of hydrogen-bond acceptors (Lipinski definition) is 9. The van der Waals surface area contributed by atoms with Gasteiger partial charge in [0.05, 0.1) is 17.9 Å². The Kier molecular flexibility index (Phi) is 9.99. The Bertz CT molecular complexity index is 1410. The van der Waals surface area contributed by atoms with E-state index in [0.29, 0.717) is 23.5 Å². The van der Waals surface area contributed by atoms with E-state index in [4.69, 9.17) is 9.47 Å². The van der Waals surface area contributed by atoms with Crippen LogP contribution in [0.15, 0.2) is 75.8 Å². The first-order chi connectivity index (χ1) is 19.7. The van der Waals surface area contributed by atoms with Crippen molar-refractivity contribution in [3.63, 3.8) is 0 Å². The topological polar surface area (TPSA) is 92.6 Å². The number of nitrogens with one attached hydrogen (secondary N) is 1. The van der Waals surface area contributed by atoms with Crippen molar-refractivity contribution in [1.29, 1.82) is 0 Å². The van der Waals surface area contributed by atoms with Crippen LogP contribution in [0.25, 0.3) is 0 Å². The number of ether oxygens (including phenoxy) is 2. The van der Waals surface area contributed by atoms with Gasteiger partial charge in [-0.15, -0.1) is 5.11 Å². The normalized spacial score (nSPS) is 15.8. The van der Waals surface area contributed by atoms with Crippen LogP contribution in [0, 0.1) is 5.82 Å². The zero-order valence-corrected chi connectivity index (χ0v) is 24.6. The minimum atomic E-state index is -1.17. The van der Waals surface area contributed by atoms with Gasteiger partial charge in [-0.2, -0.15) is 5.11 Å². The van der Waals surface area contributed by atoms with Crippen molar-refractivity contribution in [1.82, 2.24) is 0 Å². The molecule has 0 aliphatic carbocycles. The van der Waals surface area contributed by atoms with E-state index in [1.165, 1.54) is 30.3 Å². The number of esters is 2. The predicted molar refractivity (Wildman–Crippen MR) is 160 cm³/mol. The molecule has 41 heavy (non-hydrogen) atoms. The van der Waals surface area contributed by atoms with Gasteiger partial charge in [-0.3, -0.25) is 0 Å². The van der Waals surface area contributed by atoms with Gasteiger partial charge < -0.3 is 19.7 Å². The highest BCUT2D eigenvalue weighted by molar-refractivity contribution is 8.02. The molecule has 0 saturated carbocycles. The van der Waals surface area contributed by atoms with Crippen molar-refractivity contribution in [2.45, 2.75) is 55.7 Å². The zero-order valence-electron chi connectivity index (χ0n) is 23.8. The molecule has 1 aliphatic rings. The second-order valence-corrected chi connectivity index (χ2v) is 11.6. The Labute approximate surface area is 244 Å². The van der Waals surface area contributed by atoms with Gasteiger partial charge >= 0.3 is 11.9 Å². The molecular weight excluding hydrogens is 543 g/mol. The number of halogens is 1. The van der Waals surface area contributed by atoms with Gasteiger partial charge in [-0.05, 0) is 67.9 Å². The van der Waals surface area contributed by atoms with E-state index in [9.17, 15) is 14.0 Å². The van der Waals surface area contributed by atoms with Gasteiger partial charge in [-0.25, -0.2) is 14.0 Å². The summed E-state index contributed by atoms with van der Waals surface area (Å²) in [6, 6.07) is 16.5. The Morgan fingerprint density at radius 3 is 2.44 bits per heavy atom. The van der Waals surface area contributed by atoms with Crippen molar-refractivity contribution in [2.24, 2.45) is 10.2 Å². The molecule has 1 N–H and O–H groups in total. The van der Waals surface area contributed by atoms with E-state index < -0.39 is 22.6 Å². The van der Waals surface area contributed by atoms with Crippen LogP contribution in [0.5, 0.6) is 5.75 Å². The fourth-order valence-corrected chi connectivity index (χ4v) is 5.29. The van der Waals surface area contributed by atoms with E-state index in [1.54, 1.807) is 37.3 Å². The second-order valence-electron chi connectivity index (χ2n) is 10.1. The number of rotatable bonds is 12. The van der Waals surface area contributed by atoms with Crippen LogP contribution in [0.3, 0.4) is 0 Å². The summed E-state index contributed by atoms with van der Waals surface area (Å²) in [5, 5.41) is 11.2. The highest BCUT2D eigenvalue weighted by atomic mass is 32.2. The highest BCUT2D eigenvalue weighted by Crippen LogP contribution is 2.46. The maximum absolute atomic E-state index is 14.7. The van der Waals surface area contributed by atoms with E-state index in [-0.39, 0.29) is 11.4 Å². The number of thioether (sulfide) groups is 1. The van der Waals surface area contributed by atoms with Gasteiger partial charge in [-0.1, -0.05) is 44.4 Å². The first kappa shape index (κ1) is 30.0. The summed E-state index contributed by atoms with van der Waals surface area (Å²) >= 11 is 1.23. The molecule has 1 unspecified atom stereocenters. The number of nitrogens with zero attached hydrogens (tertiary/aromatic N) is 3. The van der Waals surface area contributed by atoms with Crippen LogP contribution >= 0.6 is 11.8 Å². The van der Waals surface area contributed by atoms with E-state index >= 15 is 0 Å². The third-order valence-corrected chi connectivity index (χ3v) is 7.78. The molecule has 0 amide bonds. The minimum Gasteiger partial charge on any atom is -0.462 e. The van der Waals surface area contributed by atoms with Crippen molar-refractivity contribution in [3.05, 3.63) is 72.0 Å². The first-order valence-corrected chi connectivity index (χ1v) is 14.5. The first-order valence-electron chi connectivity index (χ1n) is 13.7. The Balaban J connectivity index is 1.34. The number of anilines is 2. The van der Waals surface area contributed by atoms with Crippen LogP contribution in [0.2, 0.25) is 0 Å². The van der Waals surface area contributed by atoms with Crippen LogP contribution in [-0.2, 0) is 9.53 Å². The molecule has 8 nitrogen and oxygen atoms in total. The number of azo groups is 1. The molecule has 4 rings (SSSR count). The van der Waals surface area contributed by atoms with Crippen LogP contribution in [-0.4, -0.2) is 37.5 Å². The molecule has 1 atom stereocenters. The van der Waals surface area contributed by atoms with Gasteiger partial charge in [0.2, 0.25) is 0 Å². The minimum absolute atomic E-state index is 0.0221. The van der Waals surface area contributed by atoms with E-state index in [1.807, 2.05) is 31.1 Å². The Morgan fingerprint density at radius 1 is 0.976 bits per heavy atom. The van der Waals surface area contributed by atoms with Crippen LogP contribution in [0.4, 0.5) is 27.1 Å². The van der Waals surface area contributed by atoms with Gasteiger partial charge in [0.15, 0.2) is 10.7 Å². The van der Waals surface area contributed by atoms with Crippen LogP contribution in [0.1, 0.15) is 56.3 Å². The number of fused-ring (bicyclic) bond motifs is 1. The third kappa shape index (κ3) is 7.85. The van der Waals surface area contributed by atoms with Crippen molar-refractivity contribution >= 4 is 46.5 Å². The van der Waals surface area contributed by atoms with Gasteiger partial charge in [0.25, 0.3) is 0 Å². The molecule has 10 heteroatoms. The maximum atomic E-state index is 14.7. The van der Waals surface area contributed by atoms with Crippen molar-refractivity contribution < 1.29 is 23.5 Å². The molecule has 1 aliphatic heterocycles. The number of unbranched alkanes of at least 4 members (excludes halogenated alkanes) is 4. The molecule has 0 saturated heterocycles. The lowest BCUT2D eigenvalue weighted by molar-refractivity contribution is -0.135. The largest absolute Gasteiger partial charge is 0.462 e. The zero-order chi connectivity index (χ0) is 29.4. The third-order valence-electron chi connectivity index (χ3n) is 6.54. The Hall–Kier alpha value is -3.92. The molecule has 0 fully saturated rings. The summed E-state index contributed by atoms with van der Waals surface area (Å²) < 4.78 is 25.6. The SMILES string of the molecule is CCCCCCCOC(=O)c1ccc2c(c1)SC(C)(C(=O)Oc1ccc(N=Nc3ccc(N(C)C)cc3)c(F)c1)N2. The van der Waals surface area contributed by atoms with E-state index in [0.717, 1.165) is 42.3 Å². The lowest BCUT2D eigenvalue weighted by Crippen LogP contribution is -2.40. The monoisotopic (exact) mass is 578 g/mol. The molecule has 216 valence electrons. The number of benzene rings is 3. The fourth-order valence-electron chi connectivity index (χ4n) is 4.15. The molecular formula is C31H35FN4O4S. The quantitative estimate of drug-likeness (QED) is 0.100. The molecule has 0 aromatic heterocycles. The second kappa shape index (κ2) is 13.6. The van der Waals surface area contributed by atoms with Crippen LogP contribution < -0.4 is 15.0 Å². The standard InChI is InChI=1S/C31H35FN4O4S/c1-5-6-7-8-9-18-39-29(37)21-10-16-27-28(19-21)41-31(2,33-27)30(38)40-24-15-17-26(25(32)20-24)35-34-22-11-13-23(14-12-22)36(3)4/h10-17,19-20,33H,5-9,18H2,1-4H3. The maximum Gasteiger partial charge on any atom is 0.347 e. The lowest BCUT2D eigenvalue weighted by atomic mass is 10.1. The number of carbonyl (C=O) groups excluding carboxylic acids is 2. The van der Waals surface area contributed by atoms with Gasteiger partial charge in [0.1, 0.15) is 11.4 Å². The summed E-state index contributed by atoms with van der Waals surface area (Å²) in [4.78, 5) is 27.1. The molecule has 0 radical (unpaired) electrons. The fraction of sp³-hybridized carbons (Fsp3) is 0.355. The Morgan fingerprint density at radius 2 is 1.73 bits per heavy atom. The number of hydrogen-bond donors (Lipinski definition) is 1. The summed E-state index contributed by atoms with van der Waals surface area (Å²) in [5.41, 5.74) is 2.74. The average Bonchev–Trinajstić information content (AvgIpc) is 3.31.